The Bertz CT molecular complexity index is 1060. The molecule has 0 radical (unpaired) electrons. The number of methoxy groups -OCH3 is 1. The Balaban J connectivity index is 2.00. The molecule has 2 aromatic carbocycles. The van der Waals surface area contributed by atoms with E-state index in [2.05, 4.69) is 21.2 Å². The molecule has 0 saturated heterocycles. The van der Waals surface area contributed by atoms with Crippen LogP contribution in [0.25, 0.3) is 10.2 Å². The number of amides is 1. The van der Waals surface area contributed by atoms with Crippen molar-refractivity contribution in [2.75, 3.05) is 13.7 Å². The monoisotopic (exact) mass is 398 g/mol. The smallest absolute Gasteiger partial charge is 0.337 e. The molecule has 3 aromatic rings. The summed E-state index contributed by atoms with van der Waals surface area (Å²) in [7, 11) is 1.32. The van der Waals surface area contributed by atoms with E-state index in [0.29, 0.717) is 22.5 Å². The first-order valence-corrected chi connectivity index (χ1v) is 9.92. The third-order valence-corrected chi connectivity index (χ3v) is 5.20. The van der Waals surface area contributed by atoms with E-state index >= 15 is 0 Å². The summed E-state index contributed by atoms with van der Waals surface area (Å²) in [5.74, 6) is 0.0142. The Morgan fingerprint density at radius 2 is 1.79 bits per heavy atom. The Morgan fingerprint density at radius 3 is 2.43 bits per heavy atom. The minimum absolute atomic E-state index is 0.349. The highest BCUT2D eigenvalue weighted by Crippen LogP contribution is 2.23. The van der Waals surface area contributed by atoms with Gasteiger partial charge in [0, 0.05) is 12.1 Å². The highest BCUT2D eigenvalue weighted by atomic mass is 32.1. The summed E-state index contributed by atoms with van der Waals surface area (Å²) in [5.41, 5.74) is 1.84. The number of nitrogens with zero attached hydrogens (tertiary/aromatic N) is 2. The predicted octanol–water partition coefficient (Wildman–Crippen LogP) is 4.04. The van der Waals surface area contributed by atoms with Gasteiger partial charge < -0.3 is 14.0 Å². The van der Waals surface area contributed by atoms with Crippen LogP contribution in [-0.4, -0.2) is 30.2 Å². The summed E-state index contributed by atoms with van der Waals surface area (Å²) in [6, 6.07) is 12.2. The largest absolute Gasteiger partial charge is 0.494 e. The van der Waals surface area contributed by atoms with Crippen LogP contribution < -0.4 is 9.54 Å². The molecule has 0 aliphatic rings. The van der Waals surface area contributed by atoms with E-state index in [-0.39, 0.29) is 5.91 Å². The number of hydrogen-bond acceptors (Lipinski definition) is 5. The molecule has 1 heterocycles. The van der Waals surface area contributed by atoms with Crippen molar-refractivity contribution in [2.24, 2.45) is 4.99 Å². The van der Waals surface area contributed by atoms with Gasteiger partial charge >= 0.3 is 5.97 Å². The number of aromatic nitrogens is 1. The number of hydrogen-bond donors (Lipinski definition) is 0. The van der Waals surface area contributed by atoms with Gasteiger partial charge in [-0.2, -0.15) is 4.99 Å². The standard InChI is InChI=1S/C21H22N2O4S/c1-4-12-23-17-11-10-16(27-5-2)13-18(17)28-21(23)22-19(24)14-6-8-15(9-7-14)20(25)26-3/h6-11,13H,4-5,12H2,1-3H3. The molecule has 1 aromatic heterocycles. The Kier molecular flexibility index (Phi) is 6.26. The summed E-state index contributed by atoms with van der Waals surface area (Å²) in [6.07, 6.45) is 0.925. The maximum Gasteiger partial charge on any atom is 0.337 e. The zero-order chi connectivity index (χ0) is 20.1. The maximum atomic E-state index is 12.7. The molecular formula is C21H22N2O4S. The fraction of sp³-hybridized carbons (Fsp3) is 0.286. The second-order valence-electron chi connectivity index (χ2n) is 6.08. The van der Waals surface area contributed by atoms with E-state index in [9.17, 15) is 9.59 Å². The van der Waals surface area contributed by atoms with E-state index in [1.165, 1.54) is 18.4 Å². The van der Waals surface area contributed by atoms with Crippen LogP contribution in [0, 0.1) is 0 Å². The third-order valence-electron chi connectivity index (χ3n) is 4.16. The number of carbonyl (C=O) groups excluding carboxylic acids is 2. The number of esters is 1. The van der Waals surface area contributed by atoms with Crippen molar-refractivity contribution in [3.05, 3.63) is 58.4 Å². The number of aryl methyl sites for hydroxylation is 1. The minimum Gasteiger partial charge on any atom is -0.494 e. The van der Waals surface area contributed by atoms with Crippen LogP contribution in [0.15, 0.2) is 47.5 Å². The molecule has 146 valence electrons. The number of thiazole rings is 1. The van der Waals surface area contributed by atoms with Gasteiger partial charge in [-0.25, -0.2) is 4.79 Å². The van der Waals surface area contributed by atoms with E-state index in [4.69, 9.17) is 4.74 Å². The van der Waals surface area contributed by atoms with Gasteiger partial charge in [-0.1, -0.05) is 18.3 Å². The fourth-order valence-electron chi connectivity index (χ4n) is 2.85. The first-order chi connectivity index (χ1) is 13.6. The number of ether oxygens (including phenoxy) is 2. The molecule has 1 amide bonds. The first-order valence-electron chi connectivity index (χ1n) is 9.11. The number of carbonyl (C=O) groups is 2. The maximum absolute atomic E-state index is 12.7. The second-order valence-corrected chi connectivity index (χ2v) is 7.09. The van der Waals surface area contributed by atoms with Crippen molar-refractivity contribution < 1.29 is 19.1 Å². The molecular weight excluding hydrogens is 376 g/mol. The molecule has 28 heavy (non-hydrogen) atoms. The molecule has 0 N–H and O–H groups in total. The van der Waals surface area contributed by atoms with Crippen LogP contribution >= 0.6 is 11.3 Å². The summed E-state index contributed by atoms with van der Waals surface area (Å²) in [6.45, 7) is 5.40. The quantitative estimate of drug-likeness (QED) is 0.588. The average molecular weight is 398 g/mol. The third kappa shape index (κ3) is 4.14. The second kappa shape index (κ2) is 8.84. The van der Waals surface area contributed by atoms with E-state index < -0.39 is 5.97 Å². The van der Waals surface area contributed by atoms with Gasteiger partial charge in [0.25, 0.3) is 5.91 Å². The van der Waals surface area contributed by atoms with E-state index in [0.717, 1.165) is 28.9 Å². The van der Waals surface area contributed by atoms with Gasteiger partial charge in [0.05, 0.1) is 29.5 Å². The zero-order valence-corrected chi connectivity index (χ0v) is 16.9. The molecule has 0 fully saturated rings. The van der Waals surface area contributed by atoms with Gasteiger partial charge in [0.2, 0.25) is 0 Å². The number of benzene rings is 2. The van der Waals surface area contributed by atoms with Gasteiger partial charge in [-0.05, 0) is 55.8 Å². The molecule has 0 spiro atoms. The highest BCUT2D eigenvalue weighted by molar-refractivity contribution is 7.16. The van der Waals surface area contributed by atoms with Gasteiger partial charge in [-0.3, -0.25) is 4.79 Å². The zero-order valence-electron chi connectivity index (χ0n) is 16.1. The molecule has 0 aliphatic carbocycles. The minimum atomic E-state index is -0.439. The molecule has 0 aliphatic heterocycles. The Morgan fingerprint density at radius 1 is 1.07 bits per heavy atom. The number of rotatable bonds is 6. The lowest BCUT2D eigenvalue weighted by Crippen LogP contribution is -2.16. The van der Waals surface area contributed by atoms with Crippen LogP contribution in [0.2, 0.25) is 0 Å². The highest BCUT2D eigenvalue weighted by Gasteiger charge is 2.11. The lowest BCUT2D eigenvalue weighted by Gasteiger charge is -2.05. The van der Waals surface area contributed by atoms with Crippen molar-refractivity contribution in [1.82, 2.24) is 4.57 Å². The summed E-state index contributed by atoms with van der Waals surface area (Å²) in [5, 5.41) is 0. The number of fused-ring (bicyclic) bond motifs is 1. The Hall–Kier alpha value is -2.93. The average Bonchev–Trinajstić information content (AvgIpc) is 3.04. The molecule has 0 atom stereocenters. The van der Waals surface area contributed by atoms with Crippen molar-refractivity contribution in [1.29, 1.82) is 0 Å². The Labute approximate surface area is 167 Å². The van der Waals surface area contributed by atoms with Crippen molar-refractivity contribution in [2.45, 2.75) is 26.8 Å². The van der Waals surface area contributed by atoms with Crippen LogP contribution in [0.5, 0.6) is 5.75 Å². The molecule has 0 unspecified atom stereocenters. The van der Waals surface area contributed by atoms with E-state index in [1.807, 2.05) is 25.1 Å². The topological polar surface area (TPSA) is 69.9 Å². The molecule has 7 heteroatoms. The van der Waals surface area contributed by atoms with Crippen molar-refractivity contribution in [3.63, 3.8) is 0 Å². The summed E-state index contributed by atoms with van der Waals surface area (Å²) in [4.78, 5) is 29.2. The SMILES string of the molecule is CCCn1c(=NC(=O)c2ccc(C(=O)OC)cc2)sc2cc(OCC)ccc21. The molecule has 6 nitrogen and oxygen atoms in total. The van der Waals surface area contributed by atoms with Gasteiger partial charge in [0.15, 0.2) is 4.80 Å². The predicted molar refractivity (Wildman–Crippen MR) is 109 cm³/mol. The summed E-state index contributed by atoms with van der Waals surface area (Å²) < 4.78 is 13.3. The van der Waals surface area contributed by atoms with Crippen LogP contribution in [0.1, 0.15) is 41.0 Å². The van der Waals surface area contributed by atoms with Gasteiger partial charge in [0.1, 0.15) is 5.75 Å². The summed E-state index contributed by atoms with van der Waals surface area (Å²) >= 11 is 1.46. The molecule has 0 bridgehead atoms. The van der Waals surface area contributed by atoms with E-state index in [1.54, 1.807) is 24.3 Å². The van der Waals surface area contributed by atoms with Crippen LogP contribution in [0.3, 0.4) is 0 Å². The van der Waals surface area contributed by atoms with Crippen LogP contribution in [0.4, 0.5) is 0 Å². The molecule has 0 saturated carbocycles. The first kappa shape index (κ1) is 19.8. The van der Waals surface area contributed by atoms with Crippen molar-refractivity contribution in [3.8, 4) is 5.75 Å². The molecule has 3 rings (SSSR count). The normalized spacial score (nSPS) is 11.6. The van der Waals surface area contributed by atoms with Crippen LogP contribution in [-0.2, 0) is 11.3 Å². The lowest BCUT2D eigenvalue weighted by molar-refractivity contribution is 0.0600. The van der Waals surface area contributed by atoms with Crippen molar-refractivity contribution >= 4 is 33.4 Å². The van der Waals surface area contributed by atoms with Gasteiger partial charge in [-0.15, -0.1) is 0 Å². The fourth-order valence-corrected chi connectivity index (χ4v) is 3.94. The lowest BCUT2D eigenvalue weighted by atomic mass is 10.1.